The van der Waals surface area contributed by atoms with Gasteiger partial charge in [0.25, 0.3) is 0 Å². The van der Waals surface area contributed by atoms with Crippen LogP contribution in [0.5, 0.6) is 11.5 Å². The number of phenolic OH excluding ortho intramolecular Hbond substituents is 1. The molecule has 0 unspecified atom stereocenters. The molecule has 1 amide bonds. The fraction of sp³-hybridized carbons (Fsp3) is 0.250. The second kappa shape index (κ2) is 6.30. The fourth-order valence-corrected chi connectivity index (χ4v) is 1.72. The minimum Gasteiger partial charge on any atom is -0.504 e. The molecule has 0 fully saturated rings. The highest BCUT2D eigenvalue weighted by Crippen LogP contribution is 2.34. The van der Waals surface area contributed by atoms with Crippen molar-refractivity contribution in [3.05, 3.63) is 28.2 Å². The molecule has 0 saturated heterocycles. The molecule has 0 radical (unpaired) electrons. The van der Waals surface area contributed by atoms with Gasteiger partial charge in [0.2, 0.25) is 5.91 Å². The van der Waals surface area contributed by atoms with Gasteiger partial charge in [-0.25, -0.2) is 0 Å². The van der Waals surface area contributed by atoms with Gasteiger partial charge >= 0.3 is 0 Å². The highest BCUT2D eigenvalue weighted by molar-refractivity contribution is 9.10. The summed E-state index contributed by atoms with van der Waals surface area (Å²) in [6.45, 7) is 1.87. The predicted octanol–water partition coefficient (Wildman–Crippen LogP) is 2.31. The zero-order chi connectivity index (χ0) is 12.8. The first kappa shape index (κ1) is 13.6. The third kappa shape index (κ3) is 4.11. The molecular formula is C12H14BrNO3. The van der Waals surface area contributed by atoms with Crippen LogP contribution in [0.15, 0.2) is 22.7 Å². The minimum absolute atomic E-state index is 0.0785. The second-order valence-electron chi connectivity index (χ2n) is 3.39. The Bertz CT molecular complexity index is 444. The molecule has 92 valence electrons. The fourth-order valence-electron chi connectivity index (χ4n) is 1.27. The summed E-state index contributed by atoms with van der Waals surface area (Å²) in [6, 6.07) is 3.45. The van der Waals surface area contributed by atoms with Crippen LogP contribution >= 0.6 is 15.9 Å². The summed E-state index contributed by atoms with van der Waals surface area (Å²) in [7, 11) is 1.49. The number of benzene rings is 1. The summed E-state index contributed by atoms with van der Waals surface area (Å²) in [4.78, 5) is 10.7. The van der Waals surface area contributed by atoms with Gasteiger partial charge in [-0.1, -0.05) is 28.1 Å². The highest BCUT2D eigenvalue weighted by Gasteiger charge is 2.06. The van der Waals surface area contributed by atoms with Crippen molar-refractivity contribution in [3.63, 3.8) is 0 Å². The van der Waals surface area contributed by atoms with Gasteiger partial charge in [0, 0.05) is 23.5 Å². The highest BCUT2D eigenvalue weighted by atomic mass is 79.9. The smallest absolute Gasteiger partial charge is 0.217 e. The van der Waals surface area contributed by atoms with Crippen LogP contribution < -0.4 is 10.1 Å². The van der Waals surface area contributed by atoms with Crippen LogP contribution in [0.25, 0.3) is 6.08 Å². The lowest BCUT2D eigenvalue weighted by molar-refractivity contribution is -0.118. The van der Waals surface area contributed by atoms with Crippen molar-refractivity contribution in [1.29, 1.82) is 0 Å². The number of hydrogen-bond donors (Lipinski definition) is 2. The van der Waals surface area contributed by atoms with Crippen LogP contribution in [0.4, 0.5) is 0 Å². The SMILES string of the molecule is COc1cc(Br)cc(C=CCNC(C)=O)c1O. The molecule has 5 heteroatoms. The number of amides is 1. The van der Waals surface area contributed by atoms with E-state index in [-0.39, 0.29) is 11.7 Å². The van der Waals surface area contributed by atoms with Crippen molar-refractivity contribution in [2.24, 2.45) is 0 Å². The van der Waals surface area contributed by atoms with Crippen LogP contribution in [-0.4, -0.2) is 24.7 Å². The summed E-state index contributed by atoms with van der Waals surface area (Å²) in [5.41, 5.74) is 0.626. The molecular weight excluding hydrogens is 286 g/mol. The summed E-state index contributed by atoms with van der Waals surface area (Å²) >= 11 is 3.33. The number of phenols is 1. The molecule has 4 nitrogen and oxygen atoms in total. The maximum Gasteiger partial charge on any atom is 0.217 e. The van der Waals surface area contributed by atoms with Crippen molar-refractivity contribution in [3.8, 4) is 11.5 Å². The van der Waals surface area contributed by atoms with Gasteiger partial charge in [0.15, 0.2) is 11.5 Å². The summed E-state index contributed by atoms with van der Waals surface area (Å²) in [5, 5.41) is 12.5. The van der Waals surface area contributed by atoms with Crippen molar-refractivity contribution in [2.45, 2.75) is 6.92 Å². The molecule has 0 atom stereocenters. The largest absolute Gasteiger partial charge is 0.504 e. The first-order chi connectivity index (χ1) is 8.04. The number of carbonyl (C=O) groups is 1. The maximum absolute atomic E-state index is 10.7. The van der Waals surface area contributed by atoms with Crippen LogP contribution in [-0.2, 0) is 4.79 Å². The number of methoxy groups -OCH3 is 1. The molecule has 0 spiro atoms. The minimum atomic E-state index is -0.0919. The Morgan fingerprint density at radius 1 is 1.59 bits per heavy atom. The van der Waals surface area contributed by atoms with E-state index in [1.54, 1.807) is 24.3 Å². The summed E-state index contributed by atoms with van der Waals surface area (Å²) < 4.78 is 5.84. The molecule has 2 N–H and O–H groups in total. The van der Waals surface area contributed by atoms with Crippen LogP contribution in [0, 0.1) is 0 Å². The van der Waals surface area contributed by atoms with Crippen molar-refractivity contribution in [1.82, 2.24) is 5.32 Å². The summed E-state index contributed by atoms with van der Waals surface area (Å²) in [5.74, 6) is 0.388. The van der Waals surface area contributed by atoms with Crippen LogP contribution in [0.1, 0.15) is 12.5 Å². The number of rotatable bonds is 4. The van der Waals surface area contributed by atoms with Crippen molar-refractivity contribution >= 4 is 27.9 Å². The van der Waals surface area contributed by atoms with Gasteiger partial charge < -0.3 is 15.2 Å². The Morgan fingerprint density at radius 2 is 2.29 bits per heavy atom. The molecule has 0 aliphatic heterocycles. The third-order valence-corrected chi connectivity index (χ3v) is 2.51. The maximum atomic E-state index is 10.7. The zero-order valence-corrected chi connectivity index (χ0v) is 11.2. The molecule has 0 aliphatic rings. The molecule has 1 aromatic carbocycles. The lowest BCUT2D eigenvalue weighted by Gasteiger charge is -2.07. The van der Waals surface area contributed by atoms with Crippen LogP contribution in [0.3, 0.4) is 0 Å². The summed E-state index contributed by atoms with van der Waals surface area (Å²) in [6.07, 6.45) is 3.47. The first-order valence-corrected chi connectivity index (χ1v) is 5.81. The average molecular weight is 300 g/mol. The third-order valence-electron chi connectivity index (χ3n) is 2.06. The van der Waals surface area contributed by atoms with Gasteiger partial charge in [0.1, 0.15) is 0 Å². The van der Waals surface area contributed by atoms with E-state index in [0.717, 1.165) is 4.47 Å². The average Bonchev–Trinajstić information content (AvgIpc) is 2.28. The number of aromatic hydroxyl groups is 1. The Hall–Kier alpha value is -1.49. The normalized spacial score (nSPS) is 10.5. The molecule has 0 bridgehead atoms. The predicted molar refractivity (Wildman–Crippen MR) is 70.1 cm³/mol. The van der Waals surface area contributed by atoms with E-state index in [9.17, 15) is 9.90 Å². The van der Waals surface area contributed by atoms with Gasteiger partial charge in [-0.05, 0) is 12.1 Å². The Morgan fingerprint density at radius 3 is 2.88 bits per heavy atom. The Kier molecular flexibility index (Phi) is 5.03. The van der Waals surface area contributed by atoms with E-state index in [4.69, 9.17) is 4.74 Å². The molecule has 17 heavy (non-hydrogen) atoms. The quantitative estimate of drug-likeness (QED) is 0.897. The monoisotopic (exact) mass is 299 g/mol. The topological polar surface area (TPSA) is 58.6 Å². The van der Waals surface area contributed by atoms with Crippen molar-refractivity contribution in [2.75, 3.05) is 13.7 Å². The Labute approximate surface area is 108 Å². The lowest BCUT2D eigenvalue weighted by atomic mass is 10.1. The van der Waals surface area contributed by atoms with E-state index in [1.165, 1.54) is 14.0 Å². The molecule has 1 aromatic rings. The van der Waals surface area contributed by atoms with Gasteiger partial charge in [-0.15, -0.1) is 0 Å². The van der Waals surface area contributed by atoms with E-state index >= 15 is 0 Å². The first-order valence-electron chi connectivity index (χ1n) is 5.02. The molecule has 0 heterocycles. The number of hydrogen-bond acceptors (Lipinski definition) is 3. The lowest BCUT2D eigenvalue weighted by Crippen LogP contribution is -2.19. The van der Waals surface area contributed by atoms with Gasteiger partial charge in [-0.2, -0.15) is 0 Å². The number of ether oxygens (including phenoxy) is 1. The van der Waals surface area contributed by atoms with E-state index in [1.807, 2.05) is 0 Å². The zero-order valence-electron chi connectivity index (χ0n) is 9.66. The van der Waals surface area contributed by atoms with E-state index < -0.39 is 0 Å². The van der Waals surface area contributed by atoms with E-state index in [0.29, 0.717) is 17.9 Å². The number of nitrogens with one attached hydrogen (secondary N) is 1. The number of halogens is 1. The van der Waals surface area contributed by atoms with Crippen LogP contribution in [0.2, 0.25) is 0 Å². The van der Waals surface area contributed by atoms with Crippen molar-refractivity contribution < 1.29 is 14.6 Å². The molecule has 0 aliphatic carbocycles. The molecule has 0 aromatic heterocycles. The second-order valence-corrected chi connectivity index (χ2v) is 4.30. The standard InChI is InChI=1S/C12H14BrNO3/c1-8(15)14-5-3-4-9-6-10(13)7-11(17-2)12(9)16/h3-4,6-7,16H,5H2,1-2H3,(H,14,15). The Balaban J connectivity index is 2.83. The van der Waals surface area contributed by atoms with Gasteiger partial charge in [-0.3, -0.25) is 4.79 Å². The van der Waals surface area contributed by atoms with Gasteiger partial charge in [0.05, 0.1) is 7.11 Å². The number of carbonyl (C=O) groups excluding carboxylic acids is 1. The molecule has 0 saturated carbocycles. The molecule has 1 rings (SSSR count). The van der Waals surface area contributed by atoms with E-state index in [2.05, 4.69) is 21.2 Å².